The van der Waals surface area contributed by atoms with Gasteiger partial charge in [0.1, 0.15) is 4.88 Å². The van der Waals surface area contributed by atoms with E-state index in [0.717, 1.165) is 32.6 Å². The molecule has 1 amide bonds. The molecule has 4 aliphatic rings. The van der Waals surface area contributed by atoms with Crippen molar-refractivity contribution in [3.05, 3.63) is 94.6 Å². The fourth-order valence-corrected chi connectivity index (χ4v) is 7.50. The van der Waals surface area contributed by atoms with Crippen LogP contribution in [-0.4, -0.2) is 93.2 Å². The molecular weight excluding hydrogens is 666 g/mol. The number of hydrogen-bond donors (Lipinski definition) is 4. The highest BCUT2D eigenvalue weighted by atomic mass is 32.1. The number of carboxylic acid groups (broad SMARTS) is 2. The number of amides is 1. The van der Waals surface area contributed by atoms with E-state index in [-0.39, 0.29) is 17.0 Å². The lowest BCUT2D eigenvalue weighted by atomic mass is 9.85. The van der Waals surface area contributed by atoms with Crippen LogP contribution in [0.15, 0.2) is 72.9 Å². The Morgan fingerprint density at radius 2 is 1.46 bits per heavy atom. The second-order valence-electron chi connectivity index (χ2n) is 12.1. The first-order chi connectivity index (χ1) is 24.1. The van der Waals surface area contributed by atoms with Gasteiger partial charge in [0.15, 0.2) is 0 Å². The summed E-state index contributed by atoms with van der Waals surface area (Å²) in [5.41, 5.74) is 3.21. The molecule has 3 saturated heterocycles. The Morgan fingerprint density at radius 3 is 1.92 bits per heavy atom. The molecule has 50 heavy (non-hydrogen) atoms. The van der Waals surface area contributed by atoms with Gasteiger partial charge in [-0.15, -0.1) is 11.3 Å². The maximum atomic E-state index is 12.4. The largest absolute Gasteiger partial charge is 0.478 e. The number of ether oxygens (including phenoxy) is 2. The van der Waals surface area contributed by atoms with Crippen LogP contribution in [0.25, 0.3) is 10.4 Å². The highest BCUT2D eigenvalue weighted by Gasteiger charge is 2.42. The van der Waals surface area contributed by atoms with Crippen LogP contribution in [0.3, 0.4) is 0 Å². The van der Waals surface area contributed by atoms with Gasteiger partial charge in [-0.3, -0.25) is 14.8 Å². The fourth-order valence-electron chi connectivity index (χ4n) is 6.34. The summed E-state index contributed by atoms with van der Waals surface area (Å²) < 4.78 is 9.52. The van der Waals surface area contributed by atoms with Crippen molar-refractivity contribution < 1.29 is 43.7 Å². The Morgan fingerprint density at radius 1 is 0.900 bits per heavy atom. The van der Waals surface area contributed by atoms with E-state index in [9.17, 15) is 34.2 Å². The number of thiophene rings is 1. The number of nitrogens with one attached hydrogen (secondary N) is 2. The number of carbonyl (C=O) groups excluding carboxylic acids is 3. The molecule has 260 valence electrons. The van der Waals surface area contributed by atoms with Crippen molar-refractivity contribution in [1.29, 1.82) is 0 Å². The molecule has 14 nitrogen and oxygen atoms in total. The lowest BCUT2D eigenvalue weighted by Crippen LogP contribution is -2.60. The van der Waals surface area contributed by atoms with Crippen molar-refractivity contribution in [2.24, 2.45) is 5.92 Å². The van der Waals surface area contributed by atoms with Crippen LogP contribution < -0.4 is 10.2 Å². The van der Waals surface area contributed by atoms with Crippen LogP contribution in [-0.2, 0) is 19.1 Å². The van der Waals surface area contributed by atoms with Gasteiger partial charge in [-0.25, -0.2) is 19.2 Å². The quantitative estimate of drug-likeness (QED) is 0.184. The number of aromatic nitrogens is 2. The zero-order chi connectivity index (χ0) is 35.4. The Bertz CT molecular complexity index is 1800. The van der Waals surface area contributed by atoms with E-state index >= 15 is 0 Å². The number of piperidine rings is 3. The summed E-state index contributed by atoms with van der Waals surface area (Å²) in [6.45, 7) is 4.98. The molecule has 0 radical (unpaired) electrons. The molecule has 2 aromatic heterocycles. The maximum absolute atomic E-state index is 12.4. The predicted molar refractivity (Wildman–Crippen MR) is 181 cm³/mol. The molecule has 1 unspecified atom stereocenters. The molecule has 8 rings (SSSR count). The zero-order valence-corrected chi connectivity index (χ0v) is 27.8. The normalized spacial score (nSPS) is 20.3. The molecule has 3 fully saturated rings. The summed E-state index contributed by atoms with van der Waals surface area (Å²) in [6.07, 6.45) is 1.77. The number of carbonyl (C=O) groups is 5. The van der Waals surface area contributed by atoms with Gasteiger partial charge in [-0.05, 0) is 62.4 Å². The van der Waals surface area contributed by atoms with E-state index in [1.54, 1.807) is 23.5 Å². The van der Waals surface area contributed by atoms with Gasteiger partial charge in [-0.1, -0.05) is 36.4 Å². The van der Waals surface area contributed by atoms with Crippen LogP contribution in [0.2, 0.25) is 0 Å². The van der Waals surface area contributed by atoms with Crippen molar-refractivity contribution in [2.75, 3.05) is 24.7 Å². The van der Waals surface area contributed by atoms with Gasteiger partial charge < -0.3 is 29.9 Å². The number of nitrogens with zero attached hydrogens (tertiary/aromatic N) is 3. The number of anilines is 1. The highest BCUT2D eigenvalue weighted by Crippen LogP contribution is 2.42. The molecule has 4 N–H and O–H groups in total. The number of benzene rings is 2. The van der Waals surface area contributed by atoms with Crippen molar-refractivity contribution in [3.63, 3.8) is 0 Å². The van der Waals surface area contributed by atoms with E-state index in [0.29, 0.717) is 12.8 Å². The third-order valence-electron chi connectivity index (χ3n) is 8.96. The van der Waals surface area contributed by atoms with Crippen molar-refractivity contribution in [1.82, 2.24) is 20.4 Å². The second kappa shape index (κ2) is 14.9. The number of esters is 2. The van der Waals surface area contributed by atoms with Gasteiger partial charge in [0.05, 0.1) is 35.3 Å². The number of hydrogen-bond acceptors (Lipinski definition) is 11. The topological polar surface area (TPSA) is 191 Å². The maximum Gasteiger partial charge on any atom is 0.349 e. The minimum Gasteiger partial charge on any atom is -0.478 e. The number of aryl methyl sites for hydroxylation is 1. The third-order valence-corrected chi connectivity index (χ3v) is 10.1. The molecule has 0 spiro atoms. The molecule has 0 saturated carbocycles. The van der Waals surface area contributed by atoms with E-state index in [1.165, 1.54) is 80.9 Å². The number of carboxylic acids is 2. The molecule has 15 heteroatoms. The van der Waals surface area contributed by atoms with E-state index in [4.69, 9.17) is 9.47 Å². The summed E-state index contributed by atoms with van der Waals surface area (Å²) in [4.78, 5) is 66.2. The van der Waals surface area contributed by atoms with Gasteiger partial charge in [0.25, 0.3) is 5.91 Å². The SMILES string of the molecule is Cc1n[nH]cc1-c1cc2c(s1)C(=O)NCN2C1CC2CCN1CC2.O=C(O[C@H](C(=O)O)[C@H](OC(=O)c1ccccc1)C(=O)O)c1ccccc1. The number of aromatic amines is 1. The second-order valence-corrected chi connectivity index (χ2v) is 13.2. The summed E-state index contributed by atoms with van der Waals surface area (Å²) in [7, 11) is 0. The number of rotatable bonds is 9. The molecule has 3 atom stereocenters. The minimum atomic E-state index is -2.21. The number of H-pyrrole nitrogens is 1. The smallest absolute Gasteiger partial charge is 0.349 e. The lowest BCUT2D eigenvalue weighted by molar-refractivity contribution is -0.166. The number of fused-ring (bicyclic) bond motifs is 4. The summed E-state index contributed by atoms with van der Waals surface area (Å²) >= 11 is 1.57. The minimum absolute atomic E-state index is 0.0253. The van der Waals surface area contributed by atoms with Crippen LogP contribution in [0.4, 0.5) is 5.69 Å². The first kappa shape index (κ1) is 34.3. The van der Waals surface area contributed by atoms with Crippen molar-refractivity contribution in [2.45, 2.75) is 44.6 Å². The molecule has 0 aliphatic carbocycles. The van der Waals surface area contributed by atoms with Crippen molar-refractivity contribution in [3.8, 4) is 10.4 Å². The van der Waals surface area contributed by atoms with Gasteiger partial charge in [0.2, 0.25) is 12.2 Å². The Hall–Kier alpha value is -5.54. The summed E-state index contributed by atoms with van der Waals surface area (Å²) in [6, 6.07) is 17.0. The third kappa shape index (κ3) is 7.38. The van der Waals surface area contributed by atoms with Crippen LogP contribution >= 0.6 is 11.3 Å². The average Bonchev–Trinajstić information content (AvgIpc) is 3.78. The van der Waals surface area contributed by atoms with Gasteiger partial charge in [-0.2, -0.15) is 5.10 Å². The van der Waals surface area contributed by atoms with Crippen LogP contribution in [0.5, 0.6) is 0 Å². The molecule has 2 bridgehead atoms. The Labute approximate surface area is 290 Å². The lowest BCUT2D eigenvalue weighted by Gasteiger charge is -2.51. The first-order valence-corrected chi connectivity index (χ1v) is 16.8. The van der Waals surface area contributed by atoms with Crippen LogP contribution in [0, 0.1) is 12.8 Å². The van der Waals surface area contributed by atoms with E-state index in [1.807, 2.05) is 13.1 Å². The summed E-state index contributed by atoms with van der Waals surface area (Å²) in [5, 5.41) is 28.7. The molecule has 2 aromatic carbocycles. The van der Waals surface area contributed by atoms with Crippen LogP contribution in [0.1, 0.15) is 55.3 Å². The fraction of sp³-hybridized carbons (Fsp3) is 0.314. The molecular formula is C35H35N5O9S. The molecule has 4 aliphatic heterocycles. The first-order valence-electron chi connectivity index (χ1n) is 16.0. The van der Waals surface area contributed by atoms with Gasteiger partial charge in [0, 0.05) is 29.7 Å². The number of aliphatic carboxylic acids is 2. The highest BCUT2D eigenvalue weighted by molar-refractivity contribution is 7.18. The Balaban J connectivity index is 0.000000173. The van der Waals surface area contributed by atoms with E-state index in [2.05, 4.69) is 31.4 Å². The monoisotopic (exact) mass is 701 g/mol. The average molecular weight is 702 g/mol. The van der Waals surface area contributed by atoms with Crippen molar-refractivity contribution >= 4 is 46.8 Å². The van der Waals surface area contributed by atoms with Gasteiger partial charge >= 0.3 is 23.9 Å². The standard InChI is InChI=1S/C18H14O8.C17H21N5OS/c19-15(20)13(25-17(23)11-7-3-1-4-8-11)14(16(21)22)26-18(24)12-9-5-2-6-10-12;1-10-12(8-19-20-10)14-7-13-16(24-14)17(23)18-9-22(13)15-6-11-2-4-21(15)5-3-11/h1-10,13-14H,(H,19,20)(H,21,22);7-8,11,15H,2-6,9H2,1H3,(H,18,23)(H,19,20)/t13-,14-;/m0./s1. The molecule has 4 aromatic rings. The summed E-state index contributed by atoms with van der Waals surface area (Å²) in [5.74, 6) is -4.74. The molecule has 6 heterocycles. The predicted octanol–water partition coefficient (Wildman–Crippen LogP) is 4.00. The Kier molecular flexibility index (Phi) is 10.2. The van der Waals surface area contributed by atoms with E-state index < -0.39 is 36.1 Å². The zero-order valence-electron chi connectivity index (χ0n) is 27.0.